The number of nitro groups is 1. The lowest BCUT2D eigenvalue weighted by Crippen LogP contribution is -2.45. The summed E-state index contributed by atoms with van der Waals surface area (Å²) >= 11 is 1.29. The number of hydrogen-bond acceptors (Lipinski definition) is 8. The zero-order valence-corrected chi connectivity index (χ0v) is 18.3. The second-order valence-corrected chi connectivity index (χ2v) is 9.31. The van der Waals surface area contributed by atoms with Crippen molar-refractivity contribution >= 4 is 34.6 Å². The summed E-state index contributed by atoms with van der Waals surface area (Å²) in [7, 11) is 1.89. The van der Waals surface area contributed by atoms with Gasteiger partial charge in [0.25, 0.3) is 5.69 Å². The Morgan fingerprint density at radius 3 is 2.61 bits per heavy atom. The number of nitrogens with zero attached hydrogens (tertiary/aromatic N) is 3. The van der Waals surface area contributed by atoms with Crippen LogP contribution in [0.15, 0.2) is 24.3 Å². The highest BCUT2D eigenvalue weighted by atomic mass is 32.2. The van der Waals surface area contributed by atoms with E-state index in [0.717, 1.165) is 0 Å². The normalized spacial score (nSPS) is 23.5. The fourth-order valence-electron chi connectivity index (χ4n) is 3.92. The van der Waals surface area contributed by atoms with E-state index in [1.165, 1.54) is 43.0 Å². The fraction of sp³-hybridized carbons (Fsp3) is 0.550. The molecule has 0 aromatic heterocycles. The molecule has 2 saturated heterocycles. The van der Waals surface area contributed by atoms with Crippen molar-refractivity contribution in [3.63, 3.8) is 0 Å². The van der Waals surface area contributed by atoms with Crippen LogP contribution < -0.4 is 5.32 Å². The molecule has 2 heterocycles. The predicted octanol–water partition coefficient (Wildman–Crippen LogP) is 1.77. The summed E-state index contributed by atoms with van der Waals surface area (Å²) in [6, 6.07) is 5.36. The largest absolute Gasteiger partial charge is 0.445 e. The number of non-ortho nitro benzene ring substituents is 1. The van der Waals surface area contributed by atoms with Crippen LogP contribution in [-0.2, 0) is 20.9 Å². The highest BCUT2D eigenvalue weighted by molar-refractivity contribution is 8.14. The number of thioether (sulfide) groups is 1. The molecule has 2 aliphatic rings. The Balaban J connectivity index is 1.43. The van der Waals surface area contributed by atoms with E-state index in [0.29, 0.717) is 38.0 Å². The highest BCUT2D eigenvalue weighted by Crippen LogP contribution is 2.28. The molecule has 0 bridgehead atoms. The number of likely N-dealkylation sites (N-methyl/N-ethyl adjacent to an activating group) is 1. The molecule has 31 heavy (non-hydrogen) atoms. The molecule has 0 radical (unpaired) electrons. The van der Waals surface area contributed by atoms with Gasteiger partial charge in [-0.25, -0.2) is 4.79 Å². The topological polar surface area (TPSA) is 122 Å². The first-order chi connectivity index (χ1) is 14.7. The average Bonchev–Trinajstić information content (AvgIpc) is 3.32. The van der Waals surface area contributed by atoms with Crippen LogP contribution in [-0.4, -0.2) is 75.9 Å². The molecule has 0 saturated carbocycles. The number of likely N-dealkylation sites (tertiary alicyclic amines) is 2. The molecule has 1 aromatic rings. The van der Waals surface area contributed by atoms with Gasteiger partial charge in [-0.1, -0.05) is 11.8 Å². The first kappa shape index (κ1) is 23.0. The number of ether oxygens (including phenoxy) is 1. The molecular weight excluding hydrogens is 424 g/mol. The van der Waals surface area contributed by atoms with Crippen LogP contribution in [0.1, 0.15) is 25.3 Å². The molecule has 11 heteroatoms. The van der Waals surface area contributed by atoms with Gasteiger partial charge in [0, 0.05) is 43.9 Å². The number of alkyl carbamates (subject to hydrolysis) is 1. The smallest absolute Gasteiger partial charge is 0.407 e. The molecule has 1 aromatic carbocycles. The number of nitrogens with one attached hydrogen (secondary N) is 1. The molecule has 2 aliphatic heterocycles. The van der Waals surface area contributed by atoms with Crippen LogP contribution in [0.4, 0.5) is 10.5 Å². The summed E-state index contributed by atoms with van der Waals surface area (Å²) in [6.07, 6.45) is 0.694. The fourth-order valence-corrected chi connectivity index (χ4v) is 4.98. The summed E-state index contributed by atoms with van der Waals surface area (Å²) in [6.45, 7) is 3.21. The Labute approximate surface area is 184 Å². The average molecular weight is 451 g/mol. The van der Waals surface area contributed by atoms with Crippen LogP contribution in [0.3, 0.4) is 0 Å². The zero-order valence-electron chi connectivity index (χ0n) is 17.5. The maximum absolute atomic E-state index is 12.9. The minimum Gasteiger partial charge on any atom is -0.445 e. The third kappa shape index (κ3) is 6.17. The van der Waals surface area contributed by atoms with Crippen LogP contribution >= 0.6 is 11.8 Å². The summed E-state index contributed by atoms with van der Waals surface area (Å²) in [5, 5.41) is 13.6. The third-order valence-electron chi connectivity index (χ3n) is 5.47. The van der Waals surface area contributed by atoms with Gasteiger partial charge in [-0.2, -0.15) is 0 Å². The Morgan fingerprint density at radius 1 is 1.26 bits per heavy atom. The third-order valence-corrected chi connectivity index (χ3v) is 6.47. The lowest BCUT2D eigenvalue weighted by molar-refractivity contribution is -0.384. The van der Waals surface area contributed by atoms with Crippen LogP contribution in [0.25, 0.3) is 0 Å². The lowest BCUT2D eigenvalue weighted by Gasteiger charge is -2.25. The quantitative estimate of drug-likeness (QED) is 0.514. The molecule has 168 valence electrons. The first-order valence-electron chi connectivity index (χ1n) is 10.1. The molecule has 3 atom stereocenters. The second-order valence-electron chi connectivity index (χ2n) is 7.84. The number of carbonyl (C=O) groups is 3. The van der Waals surface area contributed by atoms with E-state index in [1.807, 2.05) is 11.9 Å². The molecular formula is C20H26N4O6S. The van der Waals surface area contributed by atoms with Crippen molar-refractivity contribution in [3.05, 3.63) is 39.9 Å². The first-order valence-corrected chi connectivity index (χ1v) is 10.9. The van der Waals surface area contributed by atoms with Crippen molar-refractivity contribution in [2.75, 3.05) is 26.7 Å². The van der Waals surface area contributed by atoms with Gasteiger partial charge in [0.05, 0.1) is 17.0 Å². The molecule has 3 rings (SSSR count). The van der Waals surface area contributed by atoms with E-state index >= 15 is 0 Å². The van der Waals surface area contributed by atoms with Crippen molar-refractivity contribution in [1.29, 1.82) is 0 Å². The number of nitro benzene ring substituents is 1. The second kappa shape index (κ2) is 10.1. The monoisotopic (exact) mass is 450 g/mol. The van der Waals surface area contributed by atoms with E-state index in [-0.39, 0.29) is 40.7 Å². The van der Waals surface area contributed by atoms with Gasteiger partial charge in [-0.3, -0.25) is 24.6 Å². The van der Waals surface area contributed by atoms with Crippen molar-refractivity contribution in [3.8, 4) is 0 Å². The Hall–Kier alpha value is -2.66. The molecule has 2 amide bonds. The predicted molar refractivity (Wildman–Crippen MR) is 114 cm³/mol. The van der Waals surface area contributed by atoms with E-state index in [1.54, 1.807) is 4.90 Å². The van der Waals surface area contributed by atoms with Gasteiger partial charge >= 0.3 is 6.09 Å². The summed E-state index contributed by atoms with van der Waals surface area (Å²) in [5.41, 5.74) is 0.620. The number of amides is 2. The van der Waals surface area contributed by atoms with E-state index in [4.69, 9.17) is 4.74 Å². The van der Waals surface area contributed by atoms with Crippen molar-refractivity contribution < 1.29 is 24.0 Å². The van der Waals surface area contributed by atoms with E-state index in [2.05, 4.69) is 5.32 Å². The van der Waals surface area contributed by atoms with Crippen LogP contribution in [0, 0.1) is 10.1 Å². The molecule has 0 unspecified atom stereocenters. The minimum absolute atomic E-state index is 0.00126. The summed E-state index contributed by atoms with van der Waals surface area (Å²) in [5.74, 6) is 0.0256. The van der Waals surface area contributed by atoms with Gasteiger partial charge in [0.2, 0.25) is 5.91 Å². The maximum atomic E-state index is 12.9. The summed E-state index contributed by atoms with van der Waals surface area (Å²) < 4.78 is 5.19. The number of rotatable bonds is 6. The highest BCUT2D eigenvalue weighted by Gasteiger charge is 2.39. The van der Waals surface area contributed by atoms with Gasteiger partial charge in [0.15, 0.2) is 5.12 Å². The number of hydrogen-bond donors (Lipinski definition) is 1. The maximum Gasteiger partial charge on any atom is 0.407 e. The van der Waals surface area contributed by atoms with Gasteiger partial charge in [-0.15, -0.1) is 0 Å². The molecule has 0 spiro atoms. The van der Waals surface area contributed by atoms with Crippen molar-refractivity contribution in [2.45, 2.75) is 43.7 Å². The molecule has 0 aliphatic carbocycles. The summed E-state index contributed by atoms with van der Waals surface area (Å²) in [4.78, 5) is 50.3. The molecule has 10 nitrogen and oxygen atoms in total. The van der Waals surface area contributed by atoms with Gasteiger partial charge in [-0.05, 0) is 37.6 Å². The van der Waals surface area contributed by atoms with Gasteiger partial charge < -0.3 is 15.0 Å². The standard InChI is InChI=1S/C20H26N4O6S/c1-13(25)31-17-9-18(22(2)11-17)19(26)23-8-7-15(10-23)21-20(27)30-12-14-3-5-16(6-4-14)24(28)29/h3-6,15,17-18H,7-12H2,1-2H3,(H,21,27)/t15-,17+,18+/m0/s1. The van der Waals surface area contributed by atoms with E-state index < -0.39 is 11.0 Å². The van der Waals surface area contributed by atoms with Crippen molar-refractivity contribution in [2.24, 2.45) is 0 Å². The Kier molecular flexibility index (Phi) is 7.50. The lowest BCUT2D eigenvalue weighted by atomic mass is 10.2. The van der Waals surface area contributed by atoms with Gasteiger partial charge in [0.1, 0.15) is 6.61 Å². The molecule has 2 fully saturated rings. The van der Waals surface area contributed by atoms with Crippen LogP contribution in [0.5, 0.6) is 0 Å². The van der Waals surface area contributed by atoms with E-state index in [9.17, 15) is 24.5 Å². The Morgan fingerprint density at radius 2 is 1.97 bits per heavy atom. The SMILES string of the molecule is CC(=O)S[C@@H]1C[C@H](C(=O)N2CC[C@H](NC(=O)OCc3ccc([N+](=O)[O-])cc3)C2)N(C)C1. The zero-order chi connectivity index (χ0) is 22.5. The minimum atomic E-state index is -0.589. The number of benzene rings is 1. The van der Waals surface area contributed by atoms with Crippen LogP contribution in [0.2, 0.25) is 0 Å². The number of carbonyl (C=O) groups excluding carboxylic acids is 3. The van der Waals surface area contributed by atoms with Crippen molar-refractivity contribution in [1.82, 2.24) is 15.1 Å². The Bertz CT molecular complexity index is 849. The molecule has 1 N–H and O–H groups in total.